The minimum absolute atomic E-state index is 0.140. The SMILES string of the molecule is N#Cc1cc(-c2cccc(Cl)c2Cl)no1. The smallest absolute Gasteiger partial charge is 0.236 e. The lowest BCUT2D eigenvalue weighted by Crippen LogP contribution is -1.79. The van der Waals surface area contributed by atoms with E-state index in [9.17, 15) is 0 Å². The first-order valence-corrected chi connectivity index (χ1v) is 4.79. The Morgan fingerprint density at radius 2 is 2.13 bits per heavy atom. The molecule has 15 heavy (non-hydrogen) atoms. The fourth-order valence-electron chi connectivity index (χ4n) is 1.16. The first-order valence-electron chi connectivity index (χ1n) is 4.03. The summed E-state index contributed by atoms with van der Waals surface area (Å²) in [4.78, 5) is 0. The van der Waals surface area contributed by atoms with Crippen LogP contribution in [0.2, 0.25) is 10.0 Å². The molecule has 1 aromatic carbocycles. The first kappa shape index (κ1) is 10.0. The fourth-order valence-corrected chi connectivity index (χ4v) is 1.55. The lowest BCUT2D eigenvalue weighted by atomic mass is 10.1. The zero-order valence-corrected chi connectivity index (χ0v) is 8.88. The van der Waals surface area contributed by atoms with Gasteiger partial charge in [0.25, 0.3) is 0 Å². The van der Waals surface area contributed by atoms with Crippen molar-refractivity contribution in [3.63, 3.8) is 0 Å². The Hall–Kier alpha value is -1.50. The van der Waals surface area contributed by atoms with Gasteiger partial charge in [-0.3, -0.25) is 0 Å². The number of halogens is 2. The van der Waals surface area contributed by atoms with Gasteiger partial charge in [-0.15, -0.1) is 0 Å². The molecule has 0 fully saturated rings. The molecule has 0 bridgehead atoms. The van der Waals surface area contributed by atoms with Crippen LogP contribution < -0.4 is 0 Å². The summed E-state index contributed by atoms with van der Waals surface area (Å²) < 4.78 is 4.75. The van der Waals surface area contributed by atoms with Gasteiger partial charge in [0.1, 0.15) is 11.8 Å². The summed E-state index contributed by atoms with van der Waals surface area (Å²) in [5.74, 6) is 0.140. The molecule has 1 heterocycles. The van der Waals surface area contributed by atoms with Gasteiger partial charge in [0.05, 0.1) is 10.0 Å². The Labute approximate surface area is 95.8 Å². The molecule has 0 spiro atoms. The minimum Gasteiger partial charge on any atom is -0.345 e. The maximum atomic E-state index is 8.58. The van der Waals surface area contributed by atoms with Crippen LogP contribution in [0.25, 0.3) is 11.3 Å². The molecule has 0 unspecified atom stereocenters. The van der Waals surface area contributed by atoms with E-state index in [-0.39, 0.29) is 5.76 Å². The highest BCUT2D eigenvalue weighted by Crippen LogP contribution is 2.32. The Kier molecular flexibility index (Phi) is 2.63. The van der Waals surface area contributed by atoms with Crippen molar-refractivity contribution in [1.82, 2.24) is 5.16 Å². The number of hydrogen-bond acceptors (Lipinski definition) is 3. The van der Waals surface area contributed by atoms with Gasteiger partial charge in [0, 0.05) is 11.6 Å². The Balaban J connectivity index is 2.55. The van der Waals surface area contributed by atoms with Gasteiger partial charge in [-0.05, 0) is 6.07 Å². The van der Waals surface area contributed by atoms with Gasteiger partial charge in [0.2, 0.25) is 5.76 Å². The van der Waals surface area contributed by atoms with Crippen LogP contribution in [0.5, 0.6) is 0 Å². The summed E-state index contributed by atoms with van der Waals surface area (Å²) in [6.45, 7) is 0. The largest absolute Gasteiger partial charge is 0.345 e. The third-order valence-corrected chi connectivity index (χ3v) is 2.67. The molecule has 0 aliphatic heterocycles. The molecular weight excluding hydrogens is 235 g/mol. The molecule has 0 N–H and O–H groups in total. The number of hydrogen-bond donors (Lipinski definition) is 0. The average Bonchev–Trinajstić information content (AvgIpc) is 2.70. The van der Waals surface area contributed by atoms with Gasteiger partial charge in [0.15, 0.2) is 0 Å². The monoisotopic (exact) mass is 238 g/mol. The van der Waals surface area contributed by atoms with E-state index in [2.05, 4.69) is 5.16 Å². The second-order valence-corrected chi connectivity index (χ2v) is 3.57. The van der Waals surface area contributed by atoms with Crippen molar-refractivity contribution >= 4 is 23.2 Å². The van der Waals surface area contributed by atoms with Gasteiger partial charge < -0.3 is 4.52 Å². The summed E-state index contributed by atoms with van der Waals surface area (Å²) in [6, 6.07) is 8.55. The summed E-state index contributed by atoms with van der Waals surface area (Å²) in [5, 5.41) is 13.1. The molecule has 5 heteroatoms. The van der Waals surface area contributed by atoms with E-state index < -0.39 is 0 Å². The molecule has 2 rings (SSSR count). The maximum Gasteiger partial charge on any atom is 0.236 e. The van der Waals surface area contributed by atoms with Crippen molar-refractivity contribution in [3.8, 4) is 17.3 Å². The zero-order valence-electron chi connectivity index (χ0n) is 7.37. The first-order chi connectivity index (χ1) is 7.22. The van der Waals surface area contributed by atoms with Crippen LogP contribution in [0, 0.1) is 11.3 Å². The van der Waals surface area contributed by atoms with E-state index >= 15 is 0 Å². The predicted molar refractivity (Wildman–Crippen MR) is 56.7 cm³/mol. The lowest BCUT2D eigenvalue weighted by molar-refractivity contribution is 0.412. The second kappa shape index (κ2) is 3.93. The number of aromatic nitrogens is 1. The van der Waals surface area contributed by atoms with E-state index in [1.165, 1.54) is 6.07 Å². The highest BCUT2D eigenvalue weighted by atomic mass is 35.5. The number of nitrogens with zero attached hydrogens (tertiary/aromatic N) is 2. The average molecular weight is 239 g/mol. The zero-order chi connectivity index (χ0) is 10.8. The van der Waals surface area contributed by atoms with Gasteiger partial charge in [-0.25, -0.2) is 0 Å². The number of rotatable bonds is 1. The van der Waals surface area contributed by atoms with Gasteiger partial charge in [-0.1, -0.05) is 40.5 Å². The molecule has 0 radical (unpaired) electrons. The normalized spacial score (nSPS) is 9.93. The van der Waals surface area contributed by atoms with Crippen molar-refractivity contribution in [2.75, 3.05) is 0 Å². The van der Waals surface area contributed by atoms with E-state index in [1.54, 1.807) is 18.2 Å². The maximum absolute atomic E-state index is 8.58. The molecule has 0 atom stereocenters. The number of benzene rings is 1. The number of nitriles is 1. The summed E-state index contributed by atoms with van der Waals surface area (Å²) in [6.07, 6.45) is 0. The quantitative estimate of drug-likeness (QED) is 0.764. The Bertz CT molecular complexity index is 543. The van der Waals surface area contributed by atoms with Crippen LogP contribution in [0.4, 0.5) is 0 Å². The molecule has 0 saturated carbocycles. The molecule has 74 valence electrons. The third-order valence-electron chi connectivity index (χ3n) is 1.85. The minimum atomic E-state index is 0.140. The van der Waals surface area contributed by atoms with Crippen LogP contribution in [-0.4, -0.2) is 5.16 Å². The predicted octanol–water partition coefficient (Wildman–Crippen LogP) is 3.52. The molecule has 1 aromatic heterocycles. The highest BCUT2D eigenvalue weighted by Gasteiger charge is 2.11. The highest BCUT2D eigenvalue weighted by molar-refractivity contribution is 6.43. The van der Waals surface area contributed by atoms with E-state index in [0.717, 1.165) is 0 Å². The molecule has 0 amide bonds. The standard InChI is InChI=1S/C10H4Cl2N2O/c11-8-3-1-2-7(10(8)12)9-4-6(5-13)15-14-9/h1-4H. The molecule has 2 aromatic rings. The molecule has 3 nitrogen and oxygen atoms in total. The van der Waals surface area contributed by atoms with Gasteiger partial charge in [-0.2, -0.15) is 5.26 Å². The van der Waals surface area contributed by atoms with E-state index in [1.807, 2.05) is 6.07 Å². The molecular formula is C10H4Cl2N2O. The van der Waals surface area contributed by atoms with Crippen molar-refractivity contribution < 1.29 is 4.52 Å². The fraction of sp³-hybridized carbons (Fsp3) is 0. The second-order valence-electron chi connectivity index (χ2n) is 2.79. The Morgan fingerprint density at radius 3 is 2.80 bits per heavy atom. The van der Waals surface area contributed by atoms with Crippen molar-refractivity contribution in [2.45, 2.75) is 0 Å². The van der Waals surface area contributed by atoms with Gasteiger partial charge >= 0.3 is 0 Å². The summed E-state index contributed by atoms with van der Waals surface area (Å²) in [7, 11) is 0. The topological polar surface area (TPSA) is 49.8 Å². The molecule has 0 saturated heterocycles. The van der Waals surface area contributed by atoms with E-state index in [0.29, 0.717) is 21.3 Å². The van der Waals surface area contributed by atoms with Crippen LogP contribution in [-0.2, 0) is 0 Å². The van der Waals surface area contributed by atoms with Crippen LogP contribution in [0.1, 0.15) is 5.76 Å². The van der Waals surface area contributed by atoms with Crippen molar-refractivity contribution in [2.24, 2.45) is 0 Å². The molecule has 0 aliphatic rings. The lowest BCUT2D eigenvalue weighted by Gasteiger charge is -2.00. The van der Waals surface area contributed by atoms with Crippen molar-refractivity contribution in [3.05, 3.63) is 40.1 Å². The summed E-state index contributed by atoms with van der Waals surface area (Å²) in [5.41, 5.74) is 1.15. The van der Waals surface area contributed by atoms with Crippen LogP contribution in [0.15, 0.2) is 28.8 Å². The van der Waals surface area contributed by atoms with Crippen LogP contribution in [0.3, 0.4) is 0 Å². The van der Waals surface area contributed by atoms with Crippen LogP contribution >= 0.6 is 23.2 Å². The summed E-state index contributed by atoms with van der Waals surface area (Å²) >= 11 is 11.8. The van der Waals surface area contributed by atoms with E-state index in [4.69, 9.17) is 33.0 Å². The van der Waals surface area contributed by atoms with Crippen molar-refractivity contribution in [1.29, 1.82) is 5.26 Å². The third kappa shape index (κ3) is 1.82. The molecule has 0 aliphatic carbocycles. The Morgan fingerprint density at radius 1 is 1.33 bits per heavy atom.